The summed E-state index contributed by atoms with van der Waals surface area (Å²) in [4.78, 5) is 22.3. The lowest BCUT2D eigenvalue weighted by atomic mass is 10.2. The van der Waals surface area contributed by atoms with Crippen molar-refractivity contribution in [3.05, 3.63) is 68.8 Å². The third-order valence-electron chi connectivity index (χ3n) is 3.85. The molecule has 3 heterocycles. The van der Waals surface area contributed by atoms with Crippen molar-refractivity contribution in [1.29, 1.82) is 0 Å². The molecular weight excluding hydrogens is 410 g/mol. The average molecular weight is 428 g/mol. The van der Waals surface area contributed by atoms with E-state index in [9.17, 15) is 4.79 Å². The van der Waals surface area contributed by atoms with Gasteiger partial charge in [-0.3, -0.25) is 4.79 Å². The Morgan fingerprint density at radius 3 is 2.71 bits per heavy atom. The Kier molecular flexibility index (Phi) is 5.80. The number of hydrogen-bond donors (Lipinski definition) is 1. The molecule has 1 N–H and O–H groups in total. The molecule has 0 unspecified atom stereocenters. The smallest absolute Gasteiger partial charge is 0.232 e. The van der Waals surface area contributed by atoms with Gasteiger partial charge < -0.3 is 10.1 Å². The fourth-order valence-electron chi connectivity index (χ4n) is 2.47. The normalized spacial score (nSPS) is 10.8. The number of nitrogens with zero attached hydrogens (tertiary/aromatic N) is 2. The van der Waals surface area contributed by atoms with Gasteiger partial charge in [0.1, 0.15) is 17.4 Å². The molecule has 4 rings (SSSR count). The van der Waals surface area contributed by atoms with E-state index in [0.717, 1.165) is 27.0 Å². The summed E-state index contributed by atoms with van der Waals surface area (Å²) >= 11 is 4.55. The molecule has 142 valence electrons. The summed E-state index contributed by atoms with van der Waals surface area (Å²) in [5, 5.41) is 10.2. The molecule has 1 aromatic carbocycles. The molecule has 0 fully saturated rings. The Balaban J connectivity index is 1.29. The SMILES string of the molecule is Cc1ccc(OCc2nc(CC(=O)Nc3nc(-c4cccs4)cs3)cs2)cc1. The number of thiazole rings is 2. The van der Waals surface area contributed by atoms with Gasteiger partial charge in [-0.15, -0.1) is 34.0 Å². The van der Waals surface area contributed by atoms with Crippen LogP contribution in [0.2, 0.25) is 0 Å². The first-order chi connectivity index (χ1) is 13.7. The first-order valence-electron chi connectivity index (χ1n) is 8.58. The highest BCUT2D eigenvalue weighted by molar-refractivity contribution is 7.16. The Bertz CT molecular complexity index is 1050. The molecule has 3 aromatic heterocycles. The fraction of sp³-hybridized carbons (Fsp3) is 0.150. The second-order valence-corrected chi connectivity index (χ2v) is 8.82. The highest BCUT2D eigenvalue weighted by atomic mass is 32.1. The summed E-state index contributed by atoms with van der Waals surface area (Å²) in [5.74, 6) is 0.689. The van der Waals surface area contributed by atoms with Crippen molar-refractivity contribution in [3.8, 4) is 16.3 Å². The third-order valence-corrected chi connectivity index (χ3v) is 6.37. The molecule has 0 spiro atoms. The predicted octanol–water partition coefficient (Wildman–Crippen LogP) is 5.40. The van der Waals surface area contributed by atoms with E-state index >= 15 is 0 Å². The van der Waals surface area contributed by atoms with Crippen LogP contribution >= 0.6 is 34.0 Å². The van der Waals surface area contributed by atoms with E-state index in [0.29, 0.717) is 11.7 Å². The quantitative estimate of drug-likeness (QED) is 0.429. The van der Waals surface area contributed by atoms with Gasteiger partial charge in [0.2, 0.25) is 5.91 Å². The van der Waals surface area contributed by atoms with Gasteiger partial charge in [0.25, 0.3) is 0 Å². The molecule has 0 saturated carbocycles. The number of ether oxygens (including phenoxy) is 1. The maximum absolute atomic E-state index is 12.3. The number of nitrogens with one attached hydrogen (secondary N) is 1. The van der Waals surface area contributed by atoms with E-state index in [4.69, 9.17) is 4.74 Å². The zero-order valence-electron chi connectivity index (χ0n) is 15.0. The van der Waals surface area contributed by atoms with Gasteiger partial charge in [-0.2, -0.15) is 0 Å². The second-order valence-electron chi connectivity index (χ2n) is 6.07. The van der Waals surface area contributed by atoms with Crippen LogP contribution in [0.4, 0.5) is 5.13 Å². The van der Waals surface area contributed by atoms with E-state index in [1.165, 1.54) is 28.2 Å². The molecule has 0 aliphatic heterocycles. The number of aryl methyl sites for hydroxylation is 1. The van der Waals surface area contributed by atoms with Gasteiger partial charge in [-0.1, -0.05) is 23.8 Å². The van der Waals surface area contributed by atoms with Crippen molar-refractivity contribution >= 4 is 45.0 Å². The maximum Gasteiger partial charge on any atom is 0.232 e. The van der Waals surface area contributed by atoms with Crippen molar-refractivity contribution in [1.82, 2.24) is 9.97 Å². The monoisotopic (exact) mass is 427 g/mol. The fourth-order valence-corrected chi connectivity index (χ4v) is 4.67. The Hall–Kier alpha value is -2.55. The summed E-state index contributed by atoms with van der Waals surface area (Å²) in [5.41, 5.74) is 2.82. The second kappa shape index (κ2) is 8.64. The van der Waals surface area contributed by atoms with Crippen molar-refractivity contribution in [2.75, 3.05) is 5.32 Å². The van der Waals surface area contributed by atoms with Crippen LogP contribution in [0.1, 0.15) is 16.3 Å². The van der Waals surface area contributed by atoms with E-state index < -0.39 is 0 Å². The average Bonchev–Trinajstić information content (AvgIpc) is 3.43. The van der Waals surface area contributed by atoms with Gasteiger partial charge in [0.05, 0.1) is 22.7 Å². The number of carbonyl (C=O) groups excluding carboxylic acids is 1. The van der Waals surface area contributed by atoms with Crippen molar-refractivity contribution in [3.63, 3.8) is 0 Å². The number of benzene rings is 1. The van der Waals surface area contributed by atoms with Crippen LogP contribution in [0.25, 0.3) is 10.6 Å². The number of amides is 1. The van der Waals surface area contributed by atoms with E-state index in [-0.39, 0.29) is 12.3 Å². The number of thiophene rings is 1. The number of carbonyl (C=O) groups is 1. The van der Waals surface area contributed by atoms with Gasteiger partial charge in [0.15, 0.2) is 5.13 Å². The van der Waals surface area contributed by atoms with E-state index in [2.05, 4.69) is 15.3 Å². The van der Waals surface area contributed by atoms with Crippen molar-refractivity contribution in [2.24, 2.45) is 0 Å². The van der Waals surface area contributed by atoms with Crippen LogP contribution in [-0.2, 0) is 17.8 Å². The summed E-state index contributed by atoms with van der Waals surface area (Å²) in [6.07, 6.45) is 0.217. The van der Waals surface area contributed by atoms with E-state index in [1.54, 1.807) is 11.3 Å². The van der Waals surface area contributed by atoms with Crippen LogP contribution in [-0.4, -0.2) is 15.9 Å². The number of rotatable bonds is 7. The van der Waals surface area contributed by atoms with Gasteiger partial charge in [-0.05, 0) is 30.5 Å². The maximum atomic E-state index is 12.3. The highest BCUT2D eigenvalue weighted by Crippen LogP contribution is 2.28. The van der Waals surface area contributed by atoms with Crippen LogP contribution < -0.4 is 10.1 Å². The van der Waals surface area contributed by atoms with Crippen molar-refractivity contribution < 1.29 is 9.53 Å². The van der Waals surface area contributed by atoms with Crippen LogP contribution in [0, 0.1) is 6.92 Å². The number of aromatic nitrogens is 2. The Morgan fingerprint density at radius 1 is 1.07 bits per heavy atom. The molecule has 28 heavy (non-hydrogen) atoms. The first kappa shape index (κ1) is 18.8. The Morgan fingerprint density at radius 2 is 1.93 bits per heavy atom. The van der Waals surface area contributed by atoms with Crippen LogP contribution in [0.5, 0.6) is 5.75 Å². The van der Waals surface area contributed by atoms with Gasteiger partial charge >= 0.3 is 0 Å². The molecule has 0 aliphatic rings. The molecule has 5 nitrogen and oxygen atoms in total. The largest absolute Gasteiger partial charge is 0.486 e. The predicted molar refractivity (Wildman–Crippen MR) is 115 cm³/mol. The molecule has 1 amide bonds. The lowest BCUT2D eigenvalue weighted by molar-refractivity contribution is -0.115. The zero-order chi connectivity index (χ0) is 19.3. The molecular formula is C20H17N3O2S3. The van der Waals surface area contributed by atoms with E-state index in [1.807, 2.05) is 59.5 Å². The molecule has 0 aliphatic carbocycles. The van der Waals surface area contributed by atoms with Crippen molar-refractivity contribution in [2.45, 2.75) is 20.0 Å². The summed E-state index contributed by atoms with van der Waals surface area (Å²) in [7, 11) is 0. The molecule has 0 saturated heterocycles. The lowest BCUT2D eigenvalue weighted by Gasteiger charge is -2.03. The third kappa shape index (κ3) is 4.83. The summed E-state index contributed by atoms with van der Waals surface area (Å²) < 4.78 is 5.74. The standard InChI is InChI=1S/C20H17N3O2S3/c1-13-4-6-15(7-5-13)25-10-19-21-14(11-27-19)9-18(24)23-20-22-16(12-28-20)17-3-2-8-26-17/h2-8,11-12H,9-10H2,1H3,(H,22,23,24). The summed E-state index contributed by atoms with van der Waals surface area (Å²) in [6, 6.07) is 11.9. The number of anilines is 1. The molecule has 0 atom stereocenters. The first-order valence-corrected chi connectivity index (χ1v) is 11.2. The molecule has 8 heteroatoms. The summed E-state index contributed by atoms with van der Waals surface area (Å²) in [6.45, 7) is 2.43. The topological polar surface area (TPSA) is 64.1 Å². The minimum absolute atomic E-state index is 0.122. The minimum Gasteiger partial charge on any atom is -0.486 e. The minimum atomic E-state index is -0.122. The van der Waals surface area contributed by atoms with Gasteiger partial charge in [0, 0.05) is 10.8 Å². The van der Waals surface area contributed by atoms with Gasteiger partial charge in [-0.25, -0.2) is 9.97 Å². The molecule has 0 bridgehead atoms. The number of hydrogen-bond acceptors (Lipinski definition) is 7. The molecule has 4 aromatic rings. The highest BCUT2D eigenvalue weighted by Gasteiger charge is 2.11. The van der Waals surface area contributed by atoms with Crippen LogP contribution in [0.3, 0.4) is 0 Å². The zero-order valence-corrected chi connectivity index (χ0v) is 17.5. The van der Waals surface area contributed by atoms with Crippen LogP contribution in [0.15, 0.2) is 52.5 Å². The Labute approximate surface area is 174 Å². The lowest BCUT2D eigenvalue weighted by Crippen LogP contribution is -2.14. The molecule has 0 radical (unpaired) electrons.